The Morgan fingerprint density at radius 1 is 0.286 bits per heavy atom. The van der Waals surface area contributed by atoms with Crippen LogP contribution in [0.4, 0.5) is 0 Å². The topological polar surface area (TPSA) is 9.86 Å². The largest absolute Gasteiger partial charge is 0.309 e. The van der Waals surface area contributed by atoms with Crippen LogP contribution in [0, 0.1) is 0 Å². The summed E-state index contributed by atoms with van der Waals surface area (Å²) in [4.78, 5) is 0. The maximum atomic E-state index is 2.62. The summed E-state index contributed by atoms with van der Waals surface area (Å²) in [5, 5.41) is 5.30. The van der Waals surface area contributed by atoms with Crippen LogP contribution in [0.25, 0.3) is 111 Å². The molecule has 14 rings (SSSR count). The predicted molar refractivity (Wildman–Crippen MR) is 296 cm³/mol. The Labute approximate surface area is 409 Å². The van der Waals surface area contributed by atoms with E-state index in [1.165, 1.54) is 133 Å². The van der Waals surface area contributed by atoms with Crippen molar-refractivity contribution < 1.29 is 0 Å². The molecule has 2 aliphatic carbocycles. The lowest BCUT2D eigenvalue weighted by atomic mass is 9.62. The average molecular weight is 897 g/mol. The Bertz CT molecular complexity index is 3780. The first-order valence-electron chi connectivity index (χ1n) is 25.2. The molecule has 70 heavy (non-hydrogen) atoms. The van der Waals surface area contributed by atoms with Crippen molar-refractivity contribution >= 4 is 43.6 Å². The zero-order valence-electron chi connectivity index (χ0n) is 40.0. The van der Waals surface area contributed by atoms with Crippen LogP contribution in [0.1, 0.15) is 73.6 Å². The number of hydrogen-bond acceptors (Lipinski definition) is 0. The van der Waals surface area contributed by atoms with E-state index in [2.05, 4.69) is 255 Å². The van der Waals surface area contributed by atoms with Crippen molar-refractivity contribution in [3.8, 4) is 67.0 Å². The molecule has 2 heterocycles. The first kappa shape index (κ1) is 40.8. The Morgan fingerprint density at radius 3 is 0.986 bits per heavy atom. The molecule has 2 nitrogen and oxygen atoms in total. The highest BCUT2D eigenvalue weighted by atomic mass is 15.0. The van der Waals surface area contributed by atoms with E-state index in [1.54, 1.807) is 0 Å². The normalized spacial score (nSPS) is 17.1. The Kier molecular flexibility index (Phi) is 9.14. The summed E-state index contributed by atoms with van der Waals surface area (Å²) in [6.07, 6.45) is 0. The van der Waals surface area contributed by atoms with E-state index in [4.69, 9.17) is 0 Å². The highest BCUT2D eigenvalue weighted by Crippen LogP contribution is 2.61. The Balaban J connectivity index is 1.08. The van der Waals surface area contributed by atoms with E-state index in [9.17, 15) is 0 Å². The molecular formula is C68H52N2. The fourth-order valence-electron chi connectivity index (χ4n) is 12.9. The summed E-state index contributed by atoms with van der Waals surface area (Å²) in [5.41, 5.74) is 26.4. The molecule has 0 aliphatic heterocycles. The summed E-state index contributed by atoms with van der Waals surface area (Å²) in [5.74, 6) is 1.07. The van der Waals surface area contributed by atoms with Gasteiger partial charge in [-0.25, -0.2) is 0 Å². The zero-order valence-corrected chi connectivity index (χ0v) is 40.0. The van der Waals surface area contributed by atoms with Gasteiger partial charge < -0.3 is 9.13 Å². The molecule has 0 fully saturated rings. The lowest BCUT2D eigenvalue weighted by Crippen LogP contribution is -2.24. The van der Waals surface area contributed by atoms with E-state index in [1.807, 2.05) is 0 Å². The van der Waals surface area contributed by atoms with Gasteiger partial charge in [-0.1, -0.05) is 185 Å². The second kappa shape index (κ2) is 15.7. The van der Waals surface area contributed by atoms with Crippen LogP contribution in [0.2, 0.25) is 0 Å². The van der Waals surface area contributed by atoms with Gasteiger partial charge in [0.05, 0.1) is 22.1 Å². The molecule has 2 aliphatic rings. The minimum atomic E-state index is 0.261. The van der Waals surface area contributed by atoms with Gasteiger partial charge in [0.15, 0.2) is 0 Å². The number of nitrogens with zero attached hydrogens (tertiary/aromatic N) is 2. The van der Waals surface area contributed by atoms with E-state index >= 15 is 0 Å². The molecule has 2 aromatic heterocycles. The van der Waals surface area contributed by atoms with Crippen molar-refractivity contribution in [2.45, 2.75) is 51.4 Å². The maximum Gasteiger partial charge on any atom is 0.0582 e. The number of fused-ring (bicyclic) bond motifs is 8. The van der Waals surface area contributed by atoms with Crippen LogP contribution in [0.5, 0.6) is 0 Å². The lowest BCUT2D eigenvalue weighted by Gasteiger charge is -2.42. The molecule has 4 atom stereocenters. The minimum Gasteiger partial charge on any atom is -0.309 e. The molecule has 12 aromatic rings. The van der Waals surface area contributed by atoms with Crippen molar-refractivity contribution in [3.05, 3.63) is 241 Å². The Morgan fingerprint density at radius 2 is 0.614 bits per heavy atom. The number of para-hydroxylation sites is 2. The van der Waals surface area contributed by atoms with Gasteiger partial charge in [0.25, 0.3) is 0 Å². The monoisotopic (exact) mass is 896 g/mol. The second-order valence-electron chi connectivity index (χ2n) is 20.1. The summed E-state index contributed by atoms with van der Waals surface area (Å²) in [6.45, 7) is 10.0. The smallest absolute Gasteiger partial charge is 0.0582 e. The van der Waals surface area contributed by atoms with Crippen LogP contribution in [-0.4, -0.2) is 9.13 Å². The molecule has 0 amide bonds. The molecule has 0 saturated carbocycles. The zero-order chi connectivity index (χ0) is 46.8. The van der Waals surface area contributed by atoms with Gasteiger partial charge in [-0.15, -0.1) is 0 Å². The van der Waals surface area contributed by atoms with Gasteiger partial charge >= 0.3 is 0 Å². The van der Waals surface area contributed by atoms with E-state index < -0.39 is 0 Å². The van der Waals surface area contributed by atoms with Gasteiger partial charge in [0, 0.05) is 32.9 Å². The molecule has 0 bridgehead atoms. The lowest BCUT2D eigenvalue weighted by molar-refractivity contribution is 0.584. The van der Waals surface area contributed by atoms with Crippen molar-refractivity contribution in [1.29, 1.82) is 0 Å². The van der Waals surface area contributed by atoms with Crippen LogP contribution in [0.15, 0.2) is 218 Å². The summed E-state index contributed by atoms with van der Waals surface area (Å²) >= 11 is 0. The van der Waals surface area contributed by atoms with E-state index in [0.717, 1.165) is 0 Å². The maximum absolute atomic E-state index is 2.62. The fourth-order valence-corrected chi connectivity index (χ4v) is 12.9. The number of rotatable bonds is 6. The summed E-state index contributed by atoms with van der Waals surface area (Å²) < 4.78 is 5.19. The highest BCUT2D eigenvalue weighted by molar-refractivity contribution is 6.18. The summed E-state index contributed by atoms with van der Waals surface area (Å²) in [6, 6.07) is 81.3. The van der Waals surface area contributed by atoms with Gasteiger partial charge in [0.1, 0.15) is 0 Å². The van der Waals surface area contributed by atoms with Crippen molar-refractivity contribution in [2.24, 2.45) is 0 Å². The van der Waals surface area contributed by atoms with E-state index in [-0.39, 0.29) is 23.7 Å². The van der Waals surface area contributed by atoms with Gasteiger partial charge in [0.2, 0.25) is 0 Å². The van der Waals surface area contributed by atoms with Crippen LogP contribution >= 0.6 is 0 Å². The second-order valence-corrected chi connectivity index (χ2v) is 20.1. The van der Waals surface area contributed by atoms with Gasteiger partial charge in [-0.2, -0.15) is 0 Å². The van der Waals surface area contributed by atoms with Crippen LogP contribution in [0.3, 0.4) is 0 Å². The first-order chi connectivity index (χ1) is 34.4. The molecular weight excluding hydrogens is 845 g/mol. The van der Waals surface area contributed by atoms with Gasteiger partial charge in [-0.05, 0) is 162 Å². The van der Waals surface area contributed by atoms with E-state index in [0.29, 0.717) is 0 Å². The molecule has 0 N–H and O–H groups in total. The molecule has 0 radical (unpaired) electrons. The molecule has 0 spiro atoms. The molecule has 4 unspecified atom stereocenters. The quantitative estimate of drug-likeness (QED) is 0.157. The number of hydrogen-bond donors (Lipinski definition) is 0. The van der Waals surface area contributed by atoms with Gasteiger partial charge in [-0.3, -0.25) is 0 Å². The van der Waals surface area contributed by atoms with Crippen molar-refractivity contribution in [2.75, 3.05) is 0 Å². The standard InChI is InChI=1S/C68H52N2/c1-41-43(3)63-66-56(40-60-58-38-48(54-32-20-18-30-52(54)46-23-11-6-12-24-46)34-36-62(58)69(67(60)63)49-25-13-7-14-26-49)42(2)44(4)64-65(66)55(41)39-59-57-37-47(53-31-19-17-29-51(53)45-21-9-5-10-22-45)33-35-61(57)70(68(59)64)50-27-15-8-16-28-50/h5-44H,1-4H3. The Hall–Kier alpha value is -8.20. The summed E-state index contributed by atoms with van der Waals surface area (Å²) in [7, 11) is 0. The van der Waals surface area contributed by atoms with Crippen LogP contribution in [-0.2, 0) is 0 Å². The average Bonchev–Trinajstić information content (AvgIpc) is 3.93. The number of benzene rings is 10. The SMILES string of the molecule is CC1c2cc3c4cc(-c5ccccc5-c5ccccc5)ccc4n(-c4ccccc4)c3c3c2-c2c(cc4c5cc(-c6ccccc6-c6ccccc6)ccc5n(-c5ccccc5)c4c2C1C)C(C)C3C. The first-order valence-corrected chi connectivity index (χ1v) is 25.2. The highest BCUT2D eigenvalue weighted by Gasteiger charge is 2.42. The molecule has 2 heteroatoms. The number of aromatic nitrogens is 2. The molecule has 0 saturated heterocycles. The molecule has 10 aromatic carbocycles. The third-order valence-corrected chi connectivity index (χ3v) is 16.6. The fraction of sp³-hybridized carbons (Fsp3) is 0.118. The molecule has 334 valence electrons. The third kappa shape index (κ3) is 5.86. The van der Waals surface area contributed by atoms with Crippen molar-refractivity contribution in [1.82, 2.24) is 9.13 Å². The predicted octanol–water partition coefficient (Wildman–Crippen LogP) is 18.7. The minimum absolute atomic E-state index is 0.261. The third-order valence-electron chi connectivity index (χ3n) is 16.6. The van der Waals surface area contributed by atoms with Crippen molar-refractivity contribution in [3.63, 3.8) is 0 Å². The van der Waals surface area contributed by atoms with Crippen LogP contribution < -0.4 is 0 Å².